The van der Waals surface area contributed by atoms with Crippen molar-refractivity contribution in [3.05, 3.63) is 58.1 Å². The summed E-state index contributed by atoms with van der Waals surface area (Å²) >= 11 is 0. The maximum absolute atomic E-state index is 14.3. The molecular formula is C37H53N7O11S. The first-order valence-corrected chi connectivity index (χ1v) is 19.7. The van der Waals surface area contributed by atoms with Crippen LogP contribution in [-0.4, -0.2) is 128 Å². The van der Waals surface area contributed by atoms with Gasteiger partial charge in [-0.2, -0.15) is 4.72 Å². The highest BCUT2D eigenvalue weighted by Crippen LogP contribution is 2.31. The third-order valence-corrected chi connectivity index (χ3v) is 11.8. The fourth-order valence-corrected chi connectivity index (χ4v) is 8.70. The summed E-state index contributed by atoms with van der Waals surface area (Å²) in [5.74, 6) is -2.75. The Kier molecular flexibility index (Phi) is 14.9. The van der Waals surface area contributed by atoms with Crippen LogP contribution in [0.15, 0.2) is 35.2 Å². The van der Waals surface area contributed by atoms with Crippen molar-refractivity contribution >= 4 is 39.5 Å². The molecule has 2 aromatic rings. The van der Waals surface area contributed by atoms with Crippen LogP contribution in [0.5, 0.6) is 5.75 Å². The molecule has 19 heteroatoms. The van der Waals surface area contributed by atoms with E-state index in [0.717, 1.165) is 26.2 Å². The summed E-state index contributed by atoms with van der Waals surface area (Å²) in [6, 6.07) is 3.63. The molecule has 2 aromatic carbocycles. The van der Waals surface area contributed by atoms with E-state index >= 15 is 0 Å². The Balaban J connectivity index is 1.70. The quantitative estimate of drug-likeness (QED) is 0.0754. The van der Waals surface area contributed by atoms with E-state index in [9.17, 15) is 42.9 Å². The maximum atomic E-state index is 14.3. The van der Waals surface area contributed by atoms with Gasteiger partial charge < -0.3 is 51.4 Å². The molecule has 56 heavy (non-hydrogen) atoms. The number of carbonyl (C=O) groups excluding carboxylic acids is 4. The van der Waals surface area contributed by atoms with Crippen LogP contribution in [0.25, 0.3) is 0 Å². The zero-order valence-corrected chi connectivity index (χ0v) is 32.9. The van der Waals surface area contributed by atoms with Crippen molar-refractivity contribution in [2.45, 2.75) is 107 Å². The van der Waals surface area contributed by atoms with Gasteiger partial charge in [-0.05, 0) is 68.4 Å². The van der Waals surface area contributed by atoms with E-state index in [0.29, 0.717) is 46.7 Å². The Morgan fingerprint density at radius 1 is 1.00 bits per heavy atom. The minimum atomic E-state index is -4.56. The number of aliphatic hydroxyl groups is 3. The Morgan fingerprint density at radius 3 is 2.21 bits per heavy atom. The number of nitrogens with zero attached hydrogens (tertiary/aromatic N) is 1. The highest BCUT2D eigenvalue weighted by atomic mass is 32.2. The number of aliphatic hydroxyl groups excluding tert-OH is 3. The van der Waals surface area contributed by atoms with E-state index in [-0.39, 0.29) is 17.2 Å². The minimum Gasteiger partial charge on any atom is -0.496 e. The molecule has 0 aromatic heterocycles. The molecule has 7 unspecified atom stereocenters. The van der Waals surface area contributed by atoms with Gasteiger partial charge in [0.2, 0.25) is 33.7 Å². The number of ether oxygens (including phenoxy) is 2. The number of nitrogens with one attached hydrogen (secondary N) is 5. The van der Waals surface area contributed by atoms with Crippen LogP contribution in [0.1, 0.15) is 60.4 Å². The molecule has 18 nitrogen and oxygen atoms in total. The summed E-state index contributed by atoms with van der Waals surface area (Å²) in [6.07, 6.45) is -4.65. The first-order chi connectivity index (χ1) is 26.4. The third-order valence-electron chi connectivity index (χ3n) is 10.1. The van der Waals surface area contributed by atoms with Crippen LogP contribution in [0.2, 0.25) is 0 Å². The second-order valence-electron chi connectivity index (χ2n) is 14.2. The number of nitrogens with two attached hydrogens (primary N) is 1. The summed E-state index contributed by atoms with van der Waals surface area (Å²) in [7, 11) is -3.12. The smallest absolute Gasteiger partial charge is 0.245 e. The standard InChI is InChI=1S/C37H53N7O11S/c1-19-15-27(54-5)20(2)21(3)33(19)56(52,53)43-25(17-29(47)42-36-30(40-22(4)46)32(49)31(48)28(18-45)55-36)35(50)41-26(37(51)44-13-7-6-8-14-44)16-23-9-11-24(12-10-23)34(38)39/h9-12,15,25-26,28,30-32,36,43,45,48-49H,6-8,13-14,16-18H2,1-5H3,(H3,38,39)(H,40,46)(H,41,50)(H,42,47). The van der Waals surface area contributed by atoms with Crippen LogP contribution < -0.4 is 31.1 Å². The molecule has 2 saturated heterocycles. The number of hydrogen-bond acceptors (Lipinski definition) is 12. The molecule has 0 bridgehead atoms. The van der Waals surface area contributed by atoms with Crippen LogP contribution in [0.3, 0.4) is 0 Å². The molecule has 0 spiro atoms. The summed E-state index contributed by atoms with van der Waals surface area (Å²) in [5, 5.41) is 46.1. The lowest BCUT2D eigenvalue weighted by molar-refractivity contribution is -0.203. The highest BCUT2D eigenvalue weighted by molar-refractivity contribution is 7.89. The van der Waals surface area contributed by atoms with E-state index in [1.165, 1.54) is 13.2 Å². The number of rotatable bonds is 15. The molecule has 2 fully saturated rings. The maximum Gasteiger partial charge on any atom is 0.245 e. The fraction of sp³-hybridized carbons (Fsp3) is 0.541. The number of carbonyl (C=O) groups is 4. The molecule has 0 aliphatic carbocycles. The molecule has 308 valence electrons. The SMILES string of the molecule is COc1cc(C)c(S(=O)(=O)NC(CC(=O)NC2OC(CO)C(O)C(O)C2NC(C)=O)C(=O)NC(Cc2ccc(C(=N)N)cc2)C(=O)N2CCCCC2)c(C)c1C. The monoisotopic (exact) mass is 803 g/mol. The Bertz CT molecular complexity index is 1890. The van der Waals surface area contributed by atoms with E-state index in [1.807, 2.05) is 0 Å². The molecule has 2 heterocycles. The van der Waals surface area contributed by atoms with Crippen molar-refractivity contribution in [1.29, 1.82) is 5.41 Å². The van der Waals surface area contributed by atoms with Crippen molar-refractivity contribution < 1.29 is 52.4 Å². The first-order valence-electron chi connectivity index (χ1n) is 18.3. The zero-order valence-electron chi connectivity index (χ0n) is 32.1. The number of amidine groups is 1. The highest BCUT2D eigenvalue weighted by Gasteiger charge is 2.46. The largest absolute Gasteiger partial charge is 0.496 e. The van der Waals surface area contributed by atoms with Crippen molar-refractivity contribution in [3.63, 3.8) is 0 Å². The molecule has 4 rings (SSSR count). The van der Waals surface area contributed by atoms with E-state index in [1.54, 1.807) is 49.9 Å². The van der Waals surface area contributed by atoms with Crippen LogP contribution in [0, 0.1) is 26.2 Å². The summed E-state index contributed by atoms with van der Waals surface area (Å²) in [5.41, 5.74) is 7.82. The number of piperidine rings is 1. The summed E-state index contributed by atoms with van der Waals surface area (Å²) in [6.45, 7) is 6.08. The predicted octanol–water partition coefficient (Wildman–Crippen LogP) is -1.26. The molecule has 4 amide bonds. The van der Waals surface area contributed by atoms with Gasteiger partial charge in [0.05, 0.1) is 25.0 Å². The number of benzene rings is 2. The average molecular weight is 804 g/mol. The molecule has 7 atom stereocenters. The van der Waals surface area contributed by atoms with Crippen molar-refractivity contribution in [3.8, 4) is 5.75 Å². The molecular weight excluding hydrogens is 751 g/mol. The van der Waals surface area contributed by atoms with Gasteiger partial charge in [-0.1, -0.05) is 24.3 Å². The average Bonchev–Trinajstić information content (AvgIpc) is 3.15. The second kappa shape index (κ2) is 19.0. The molecule has 0 saturated carbocycles. The van der Waals surface area contributed by atoms with E-state index < -0.39 is 89.3 Å². The number of amides is 4. The Labute approximate surface area is 326 Å². The van der Waals surface area contributed by atoms with E-state index in [4.69, 9.17) is 20.6 Å². The second-order valence-corrected chi connectivity index (χ2v) is 15.8. The first kappa shape index (κ1) is 44.1. The lowest BCUT2D eigenvalue weighted by Gasteiger charge is -2.42. The third kappa shape index (κ3) is 10.6. The van der Waals surface area contributed by atoms with Crippen LogP contribution >= 0.6 is 0 Å². The minimum absolute atomic E-state index is 0.0160. The van der Waals surface area contributed by atoms with Gasteiger partial charge in [0.1, 0.15) is 48.0 Å². The number of likely N-dealkylation sites (tertiary alicyclic amines) is 1. The van der Waals surface area contributed by atoms with Crippen molar-refractivity contribution in [2.24, 2.45) is 5.73 Å². The Hall–Kier alpha value is -4.66. The molecule has 2 aliphatic heterocycles. The molecule has 10 N–H and O–H groups in total. The molecule has 2 aliphatic rings. The number of aryl methyl sites for hydroxylation is 1. The van der Waals surface area contributed by atoms with Gasteiger partial charge >= 0.3 is 0 Å². The van der Waals surface area contributed by atoms with Gasteiger partial charge in [-0.25, -0.2) is 8.42 Å². The predicted molar refractivity (Wildman–Crippen MR) is 203 cm³/mol. The number of nitrogen functional groups attached to an aromatic ring is 1. The van der Waals surface area contributed by atoms with Crippen molar-refractivity contribution in [1.82, 2.24) is 25.6 Å². The van der Waals surface area contributed by atoms with Crippen LogP contribution in [0.4, 0.5) is 0 Å². The van der Waals surface area contributed by atoms with Gasteiger partial charge in [-0.15, -0.1) is 0 Å². The number of sulfonamides is 1. The van der Waals surface area contributed by atoms with Gasteiger partial charge in [-0.3, -0.25) is 24.6 Å². The Morgan fingerprint density at radius 2 is 1.64 bits per heavy atom. The fourth-order valence-electron chi connectivity index (χ4n) is 6.98. The number of methoxy groups -OCH3 is 1. The van der Waals surface area contributed by atoms with Gasteiger partial charge in [0.25, 0.3) is 0 Å². The topological polar surface area (TPSA) is 283 Å². The lowest BCUT2D eigenvalue weighted by Crippen LogP contribution is -2.68. The van der Waals surface area contributed by atoms with Crippen LogP contribution in [-0.2, 0) is 40.4 Å². The lowest BCUT2D eigenvalue weighted by atomic mass is 9.95. The van der Waals surface area contributed by atoms with E-state index in [2.05, 4.69) is 20.7 Å². The van der Waals surface area contributed by atoms with Gasteiger partial charge in [0.15, 0.2) is 6.23 Å². The molecule has 0 radical (unpaired) electrons. The normalized spacial score (nSPS) is 22.4. The van der Waals surface area contributed by atoms with Gasteiger partial charge in [0, 0.05) is 32.0 Å². The summed E-state index contributed by atoms with van der Waals surface area (Å²) < 4.78 is 41.7. The summed E-state index contributed by atoms with van der Waals surface area (Å²) in [4.78, 5) is 55.4. The number of hydrogen-bond donors (Lipinski definition) is 9. The van der Waals surface area contributed by atoms with Crippen molar-refractivity contribution in [2.75, 3.05) is 26.8 Å². The zero-order chi connectivity index (χ0) is 41.5.